The van der Waals surface area contributed by atoms with Gasteiger partial charge in [-0.1, -0.05) is 29.8 Å². The number of benzene rings is 1. The molecule has 0 spiro atoms. The molecule has 0 bridgehead atoms. The summed E-state index contributed by atoms with van der Waals surface area (Å²) < 4.78 is 0. The van der Waals surface area contributed by atoms with Crippen LogP contribution in [0.2, 0.25) is 5.02 Å². The van der Waals surface area contributed by atoms with Crippen molar-refractivity contribution in [1.82, 2.24) is 15.6 Å². The summed E-state index contributed by atoms with van der Waals surface area (Å²) in [5, 5.41) is 7.39. The highest BCUT2D eigenvalue weighted by atomic mass is 35.5. The van der Waals surface area contributed by atoms with Crippen LogP contribution in [-0.2, 0) is 13.0 Å². The summed E-state index contributed by atoms with van der Waals surface area (Å²) in [5.41, 5.74) is 2.19. The monoisotopic (exact) mass is 359 g/mol. The van der Waals surface area contributed by atoms with Gasteiger partial charge in [0, 0.05) is 32.2 Å². The van der Waals surface area contributed by atoms with Crippen molar-refractivity contribution in [3.63, 3.8) is 0 Å². The molecule has 0 aliphatic heterocycles. The molecule has 2 rings (SSSR count). The van der Waals surface area contributed by atoms with Crippen LogP contribution in [0.1, 0.15) is 18.2 Å². The van der Waals surface area contributed by atoms with E-state index in [1.807, 2.05) is 61.5 Å². The van der Waals surface area contributed by atoms with Crippen molar-refractivity contribution < 1.29 is 0 Å². The number of halogens is 1. The Balaban J connectivity index is 1.91. The van der Waals surface area contributed by atoms with Crippen molar-refractivity contribution in [1.29, 1.82) is 0 Å². The summed E-state index contributed by atoms with van der Waals surface area (Å²) in [5.74, 6) is 1.74. The van der Waals surface area contributed by atoms with Gasteiger partial charge in [0.25, 0.3) is 0 Å². The van der Waals surface area contributed by atoms with E-state index in [-0.39, 0.29) is 0 Å². The molecule has 0 aliphatic rings. The molecule has 0 amide bonds. The van der Waals surface area contributed by atoms with Crippen LogP contribution in [0.5, 0.6) is 0 Å². The van der Waals surface area contributed by atoms with Crippen molar-refractivity contribution in [3.8, 4) is 0 Å². The molecule has 2 aromatic rings. The molecule has 25 heavy (non-hydrogen) atoms. The Morgan fingerprint density at radius 3 is 2.56 bits per heavy atom. The van der Waals surface area contributed by atoms with Crippen LogP contribution in [-0.4, -0.2) is 38.1 Å². The van der Waals surface area contributed by atoms with Gasteiger partial charge in [-0.25, -0.2) is 9.98 Å². The first-order valence-electron chi connectivity index (χ1n) is 8.48. The quantitative estimate of drug-likeness (QED) is 0.589. The normalized spacial score (nSPS) is 11.3. The van der Waals surface area contributed by atoms with Crippen molar-refractivity contribution >= 4 is 23.4 Å². The zero-order chi connectivity index (χ0) is 18.1. The zero-order valence-corrected chi connectivity index (χ0v) is 15.8. The van der Waals surface area contributed by atoms with Gasteiger partial charge >= 0.3 is 0 Å². The van der Waals surface area contributed by atoms with Crippen molar-refractivity contribution in [3.05, 3.63) is 58.7 Å². The van der Waals surface area contributed by atoms with E-state index in [0.717, 1.165) is 42.0 Å². The minimum absolute atomic E-state index is 0.540. The predicted octanol–water partition coefficient (Wildman–Crippen LogP) is 3.10. The average Bonchev–Trinajstić information content (AvgIpc) is 2.61. The topological polar surface area (TPSA) is 52.6 Å². The van der Waals surface area contributed by atoms with E-state index in [4.69, 9.17) is 11.6 Å². The molecule has 0 aliphatic carbocycles. The Morgan fingerprint density at radius 2 is 1.88 bits per heavy atom. The molecule has 134 valence electrons. The summed E-state index contributed by atoms with van der Waals surface area (Å²) in [4.78, 5) is 11.2. The molecular weight excluding hydrogens is 334 g/mol. The van der Waals surface area contributed by atoms with E-state index in [0.29, 0.717) is 6.54 Å². The van der Waals surface area contributed by atoms with E-state index < -0.39 is 0 Å². The fourth-order valence-electron chi connectivity index (χ4n) is 2.28. The molecule has 2 N–H and O–H groups in total. The highest BCUT2D eigenvalue weighted by molar-refractivity contribution is 6.30. The maximum Gasteiger partial charge on any atom is 0.191 e. The number of hydrogen-bond acceptors (Lipinski definition) is 3. The highest BCUT2D eigenvalue weighted by Gasteiger charge is 2.01. The van der Waals surface area contributed by atoms with E-state index in [9.17, 15) is 0 Å². The molecule has 0 atom stereocenters. The third-order valence-corrected chi connectivity index (χ3v) is 3.87. The van der Waals surface area contributed by atoms with E-state index >= 15 is 0 Å². The van der Waals surface area contributed by atoms with Gasteiger partial charge in [0.05, 0.1) is 12.2 Å². The molecule has 0 saturated carbocycles. The predicted molar refractivity (Wildman–Crippen MR) is 107 cm³/mol. The standard InChI is InChI=1S/C19H26ClN5/c1-4-21-19(22-13-12-15-8-10-16(20)11-9-15)23-14-17-6-5-7-18(24-17)25(2)3/h5-11H,4,12-14H2,1-3H3,(H2,21,22,23). The van der Waals surface area contributed by atoms with E-state index in [2.05, 4.69) is 27.5 Å². The summed E-state index contributed by atoms with van der Waals surface area (Å²) in [6.45, 7) is 4.22. The first-order chi connectivity index (χ1) is 12.1. The van der Waals surface area contributed by atoms with Crippen LogP contribution < -0.4 is 15.5 Å². The lowest BCUT2D eigenvalue weighted by molar-refractivity contribution is 0.796. The van der Waals surface area contributed by atoms with Crippen molar-refractivity contribution in [2.75, 3.05) is 32.1 Å². The van der Waals surface area contributed by atoms with Crippen LogP contribution in [0.15, 0.2) is 47.5 Å². The smallest absolute Gasteiger partial charge is 0.191 e. The molecule has 1 heterocycles. The first kappa shape index (κ1) is 19.1. The fraction of sp³-hybridized carbons (Fsp3) is 0.368. The lowest BCUT2D eigenvalue weighted by Gasteiger charge is -2.13. The van der Waals surface area contributed by atoms with Gasteiger partial charge in [-0.3, -0.25) is 0 Å². The Hall–Kier alpha value is -2.27. The number of nitrogens with one attached hydrogen (secondary N) is 2. The van der Waals surface area contributed by atoms with Gasteiger partial charge < -0.3 is 15.5 Å². The van der Waals surface area contributed by atoms with Crippen molar-refractivity contribution in [2.45, 2.75) is 19.9 Å². The summed E-state index contributed by atoms with van der Waals surface area (Å²) in [6.07, 6.45) is 0.913. The molecule has 0 radical (unpaired) electrons. The first-order valence-corrected chi connectivity index (χ1v) is 8.86. The number of aromatic nitrogens is 1. The Bertz CT molecular complexity index is 682. The number of anilines is 1. The average molecular weight is 360 g/mol. The van der Waals surface area contributed by atoms with Crippen LogP contribution in [0.25, 0.3) is 0 Å². The molecule has 0 saturated heterocycles. The molecule has 5 nitrogen and oxygen atoms in total. The minimum atomic E-state index is 0.540. The molecule has 0 fully saturated rings. The molecular formula is C19H26ClN5. The number of rotatable bonds is 7. The van der Waals surface area contributed by atoms with Gasteiger partial charge in [-0.2, -0.15) is 0 Å². The molecule has 1 aromatic carbocycles. The third kappa shape index (κ3) is 6.63. The molecule has 0 unspecified atom stereocenters. The number of aliphatic imine (C=N–C) groups is 1. The molecule has 6 heteroatoms. The number of nitrogens with zero attached hydrogens (tertiary/aromatic N) is 3. The van der Waals surface area contributed by atoms with Gasteiger partial charge in [0.15, 0.2) is 5.96 Å². The SMILES string of the molecule is CCNC(=NCc1cccc(N(C)C)n1)NCCc1ccc(Cl)cc1. The van der Waals surface area contributed by atoms with Crippen LogP contribution in [0.3, 0.4) is 0 Å². The maximum absolute atomic E-state index is 5.91. The second-order valence-electron chi connectivity index (χ2n) is 5.88. The molecule has 1 aromatic heterocycles. The van der Waals surface area contributed by atoms with Crippen LogP contribution in [0.4, 0.5) is 5.82 Å². The summed E-state index contributed by atoms with van der Waals surface area (Å²) in [6, 6.07) is 13.9. The third-order valence-electron chi connectivity index (χ3n) is 3.61. The maximum atomic E-state index is 5.91. The lowest BCUT2D eigenvalue weighted by atomic mass is 10.1. The van der Waals surface area contributed by atoms with Gasteiger partial charge in [0.2, 0.25) is 0 Å². The Kier molecular flexibility index (Phi) is 7.54. The van der Waals surface area contributed by atoms with Gasteiger partial charge in [-0.15, -0.1) is 0 Å². The van der Waals surface area contributed by atoms with Crippen LogP contribution in [0, 0.1) is 0 Å². The summed E-state index contributed by atoms with van der Waals surface area (Å²) >= 11 is 5.91. The van der Waals surface area contributed by atoms with E-state index in [1.165, 1.54) is 5.56 Å². The second kappa shape index (κ2) is 9.89. The van der Waals surface area contributed by atoms with Gasteiger partial charge in [0.1, 0.15) is 5.82 Å². The van der Waals surface area contributed by atoms with Gasteiger partial charge in [-0.05, 0) is 43.2 Å². The fourth-order valence-corrected chi connectivity index (χ4v) is 2.41. The number of guanidine groups is 1. The number of hydrogen-bond donors (Lipinski definition) is 2. The van der Waals surface area contributed by atoms with Crippen molar-refractivity contribution in [2.24, 2.45) is 4.99 Å². The summed E-state index contributed by atoms with van der Waals surface area (Å²) in [7, 11) is 3.97. The lowest BCUT2D eigenvalue weighted by Crippen LogP contribution is -2.38. The Labute approximate surface area is 155 Å². The second-order valence-corrected chi connectivity index (χ2v) is 6.32. The van der Waals surface area contributed by atoms with Crippen LogP contribution >= 0.6 is 11.6 Å². The van der Waals surface area contributed by atoms with E-state index in [1.54, 1.807) is 0 Å². The largest absolute Gasteiger partial charge is 0.363 e. The minimum Gasteiger partial charge on any atom is -0.363 e. The zero-order valence-electron chi connectivity index (χ0n) is 15.1. The number of pyridine rings is 1. The highest BCUT2D eigenvalue weighted by Crippen LogP contribution is 2.10. The Morgan fingerprint density at radius 1 is 1.12 bits per heavy atom.